The molecule has 0 saturated carbocycles. The largest absolute Gasteiger partial charge is 0.496 e. The van der Waals surface area contributed by atoms with Crippen molar-refractivity contribution >= 4 is 17.6 Å². The Kier molecular flexibility index (Phi) is 6.01. The number of hydrogen-bond donors (Lipinski definition) is 2. The molecule has 0 bridgehead atoms. The zero-order valence-electron chi connectivity index (χ0n) is 13.9. The fourth-order valence-corrected chi connectivity index (χ4v) is 2.38. The summed E-state index contributed by atoms with van der Waals surface area (Å²) in [7, 11) is 1.30. The predicted molar refractivity (Wildman–Crippen MR) is 88.6 cm³/mol. The summed E-state index contributed by atoms with van der Waals surface area (Å²) in [6.45, 7) is 0. The van der Waals surface area contributed by atoms with Crippen LogP contribution in [-0.2, 0) is 11.2 Å². The molecule has 0 spiro atoms. The van der Waals surface area contributed by atoms with Gasteiger partial charge < -0.3 is 15.2 Å². The molecule has 2 N–H and O–H groups in total. The normalized spacial score (nSPS) is 11.5. The van der Waals surface area contributed by atoms with Crippen molar-refractivity contribution in [3.63, 3.8) is 0 Å². The van der Waals surface area contributed by atoms with Crippen molar-refractivity contribution in [1.29, 1.82) is 0 Å². The minimum atomic E-state index is -1.51. The van der Waals surface area contributed by atoms with Gasteiger partial charge >= 0.3 is 5.97 Å². The molecule has 2 aromatic carbocycles. The number of carboxylic acids is 1. The van der Waals surface area contributed by atoms with Gasteiger partial charge in [-0.2, -0.15) is 0 Å². The Bertz CT molecular complexity index is 883. The fraction of sp³-hybridized carbons (Fsp3) is 0.176. The van der Waals surface area contributed by atoms with Gasteiger partial charge in [-0.25, -0.2) is 13.6 Å². The van der Waals surface area contributed by atoms with Gasteiger partial charge in [-0.1, -0.05) is 0 Å². The number of nitrogens with zero attached hydrogens (tertiary/aromatic N) is 1. The molecular formula is C17H14F2N2O6. The molecule has 8 nitrogen and oxygen atoms in total. The summed E-state index contributed by atoms with van der Waals surface area (Å²) in [6, 6.07) is 4.18. The van der Waals surface area contributed by atoms with Crippen LogP contribution >= 0.6 is 0 Å². The van der Waals surface area contributed by atoms with Gasteiger partial charge in [0.05, 0.1) is 12.0 Å². The van der Waals surface area contributed by atoms with E-state index < -0.39 is 40.0 Å². The highest BCUT2D eigenvalue weighted by molar-refractivity contribution is 5.96. The maximum atomic E-state index is 13.2. The lowest BCUT2D eigenvalue weighted by molar-refractivity contribution is -0.384. The summed E-state index contributed by atoms with van der Waals surface area (Å²) in [6.07, 6.45) is -0.344. The number of amides is 1. The van der Waals surface area contributed by atoms with Gasteiger partial charge in [-0.15, -0.1) is 0 Å². The molecule has 0 aliphatic carbocycles. The number of halogens is 2. The lowest BCUT2D eigenvalue weighted by atomic mass is 10.0. The smallest absolute Gasteiger partial charge is 0.326 e. The number of nitro benzene ring substituents is 1. The number of ether oxygens (including phenoxy) is 1. The first-order valence-corrected chi connectivity index (χ1v) is 7.52. The Morgan fingerprint density at radius 3 is 2.37 bits per heavy atom. The molecule has 0 fully saturated rings. The second-order valence-electron chi connectivity index (χ2n) is 5.48. The zero-order valence-corrected chi connectivity index (χ0v) is 13.9. The summed E-state index contributed by atoms with van der Waals surface area (Å²) in [5.74, 6) is -4.24. The summed E-state index contributed by atoms with van der Waals surface area (Å²) in [5, 5.41) is 22.4. The number of benzene rings is 2. The SMILES string of the molecule is COc1ccc([N+](=O)[O-])cc1C[C@@H](NC(=O)c1cc(F)cc(F)c1)C(=O)O. The van der Waals surface area contributed by atoms with E-state index >= 15 is 0 Å². The molecule has 2 rings (SSSR count). The van der Waals surface area contributed by atoms with Crippen LogP contribution in [0.3, 0.4) is 0 Å². The molecule has 0 aliphatic heterocycles. The van der Waals surface area contributed by atoms with Crippen LogP contribution in [0.2, 0.25) is 0 Å². The molecule has 0 heterocycles. The molecule has 10 heteroatoms. The first-order chi connectivity index (χ1) is 12.7. The van der Waals surface area contributed by atoms with Crippen LogP contribution in [0.5, 0.6) is 5.75 Å². The summed E-state index contributed by atoms with van der Waals surface area (Å²) >= 11 is 0. The van der Waals surface area contributed by atoms with Gasteiger partial charge in [-0.05, 0) is 18.2 Å². The van der Waals surface area contributed by atoms with E-state index in [1.54, 1.807) is 0 Å². The van der Waals surface area contributed by atoms with Gasteiger partial charge in [-0.3, -0.25) is 14.9 Å². The average Bonchev–Trinajstić information content (AvgIpc) is 2.59. The lowest BCUT2D eigenvalue weighted by Gasteiger charge is -2.16. The molecule has 0 saturated heterocycles. The van der Waals surface area contributed by atoms with Gasteiger partial charge in [0.25, 0.3) is 11.6 Å². The van der Waals surface area contributed by atoms with Crippen molar-refractivity contribution in [3.05, 3.63) is 69.3 Å². The number of carbonyl (C=O) groups excluding carboxylic acids is 1. The van der Waals surface area contributed by atoms with Gasteiger partial charge in [0.2, 0.25) is 0 Å². The Hall–Kier alpha value is -3.56. The third-order valence-electron chi connectivity index (χ3n) is 3.63. The number of rotatable bonds is 7. The number of carbonyl (C=O) groups is 2. The van der Waals surface area contributed by atoms with Crippen LogP contribution in [0.1, 0.15) is 15.9 Å². The van der Waals surface area contributed by atoms with Crippen molar-refractivity contribution in [2.24, 2.45) is 0 Å². The quantitative estimate of drug-likeness (QED) is 0.562. The topological polar surface area (TPSA) is 119 Å². The zero-order chi connectivity index (χ0) is 20.1. The Labute approximate surface area is 151 Å². The lowest BCUT2D eigenvalue weighted by Crippen LogP contribution is -2.42. The summed E-state index contributed by atoms with van der Waals surface area (Å²) in [5.41, 5.74) is -0.511. The van der Waals surface area contributed by atoms with E-state index in [9.17, 15) is 33.6 Å². The number of hydrogen-bond acceptors (Lipinski definition) is 5. The number of nitro groups is 1. The molecule has 1 atom stereocenters. The first-order valence-electron chi connectivity index (χ1n) is 7.52. The van der Waals surface area contributed by atoms with Crippen molar-refractivity contribution in [3.8, 4) is 5.75 Å². The average molecular weight is 380 g/mol. The van der Waals surface area contributed by atoms with Crippen LogP contribution in [0.4, 0.5) is 14.5 Å². The highest BCUT2D eigenvalue weighted by Crippen LogP contribution is 2.25. The Balaban J connectivity index is 2.28. The second kappa shape index (κ2) is 8.21. The van der Waals surface area contributed by atoms with Gasteiger partial charge in [0, 0.05) is 35.7 Å². The Morgan fingerprint density at radius 2 is 1.85 bits per heavy atom. The van der Waals surface area contributed by atoms with Gasteiger partial charge in [0.1, 0.15) is 23.4 Å². The van der Waals surface area contributed by atoms with E-state index in [4.69, 9.17) is 4.74 Å². The van der Waals surface area contributed by atoms with Crippen LogP contribution in [0, 0.1) is 21.7 Å². The van der Waals surface area contributed by atoms with Crippen LogP contribution in [0.25, 0.3) is 0 Å². The molecule has 0 aliphatic rings. The highest BCUT2D eigenvalue weighted by Gasteiger charge is 2.24. The van der Waals surface area contributed by atoms with E-state index in [0.717, 1.165) is 18.2 Å². The predicted octanol–water partition coefficient (Wildman–Crippen LogP) is 2.31. The standard InChI is InChI=1S/C17H14F2N2O6/c1-27-15-3-2-13(21(25)26)6-9(15)7-14(17(23)24)20-16(22)10-4-11(18)8-12(19)5-10/h2-6,8,14H,7H2,1H3,(H,20,22)(H,23,24)/t14-/m1/s1. The van der Waals surface area contributed by atoms with Crippen molar-refractivity contribution in [2.45, 2.75) is 12.5 Å². The Morgan fingerprint density at radius 1 is 1.22 bits per heavy atom. The molecule has 0 radical (unpaired) electrons. The van der Waals surface area contributed by atoms with Crippen molar-refractivity contribution < 1.29 is 33.1 Å². The van der Waals surface area contributed by atoms with Gasteiger partial charge in [0.15, 0.2) is 0 Å². The monoisotopic (exact) mass is 380 g/mol. The summed E-state index contributed by atoms with van der Waals surface area (Å²) in [4.78, 5) is 33.9. The van der Waals surface area contributed by atoms with E-state index in [1.165, 1.54) is 19.2 Å². The molecule has 142 valence electrons. The maximum Gasteiger partial charge on any atom is 0.326 e. The van der Waals surface area contributed by atoms with E-state index in [-0.39, 0.29) is 23.4 Å². The third-order valence-corrected chi connectivity index (χ3v) is 3.63. The molecule has 0 unspecified atom stereocenters. The number of methoxy groups -OCH3 is 1. The molecule has 27 heavy (non-hydrogen) atoms. The maximum absolute atomic E-state index is 13.2. The van der Waals surface area contributed by atoms with Crippen LogP contribution in [0.15, 0.2) is 36.4 Å². The van der Waals surface area contributed by atoms with E-state index in [0.29, 0.717) is 6.07 Å². The minimum Gasteiger partial charge on any atom is -0.496 e. The fourth-order valence-electron chi connectivity index (χ4n) is 2.38. The first kappa shape index (κ1) is 19.8. The summed E-state index contributed by atoms with van der Waals surface area (Å²) < 4.78 is 31.5. The number of aliphatic carboxylic acids is 1. The molecular weight excluding hydrogens is 366 g/mol. The molecule has 1 amide bonds. The second-order valence-corrected chi connectivity index (χ2v) is 5.48. The minimum absolute atomic E-state index is 0.171. The van der Waals surface area contributed by atoms with Crippen LogP contribution in [-0.4, -0.2) is 35.1 Å². The van der Waals surface area contributed by atoms with Crippen molar-refractivity contribution in [2.75, 3.05) is 7.11 Å². The van der Waals surface area contributed by atoms with E-state index in [2.05, 4.69) is 5.32 Å². The number of non-ortho nitro benzene ring substituents is 1. The number of nitrogens with one attached hydrogen (secondary N) is 1. The van der Waals surface area contributed by atoms with E-state index in [1.807, 2.05) is 0 Å². The molecule has 0 aromatic heterocycles. The highest BCUT2D eigenvalue weighted by atomic mass is 19.1. The van der Waals surface area contributed by atoms with Crippen molar-refractivity contribution in [1.82, 2.24) is 5.32 Å². The number of carboxylic acid groups (broad SMARTS) is 1. The third kappa shape index (κ3) is 4.97. The molecule has 2 aromatic rings. The van der Waals surface area contributed by atoms with Crippen LogP contribution < -0.4 is 10.1 Å².